The highest BCUT2D eigenvalue weighted by atomic mass is 16.4. The summed E-state index contributed by atoms with van der Waals surface area (Å²) in [6, 6.07) is 0. The van der Waals surface area contributed by atoms with Gasteiger partial charge in [-0.05, 0) is 36.5 Å². The Morgan fingerprint density at radius 3 is 2.06 bits per heavy atom. The van der Waals surface area contributed by atoms with Crippen LogP contribution in [0, 0.1) is 23.2 Å². The first kappa shape index (κ1) is 16.5. The van der Waals surface area contributed by atoms with Crippen molar-refractivity contribution in [2.45, 2.75) is 67.2 Å². The summed E-state index contributed by atoms with van der Waals surface area (Å²) in [4.78, 5) is 11.2. The third-order valence-electron chi connectivity index (χ3n) is 3.58. The van der Waals surface area contributed by atoms with Gasteiger partial charge in [-0.15, -0.1) is 0 Å². The van der Waals surface area contributed by atoms with Gasteiger partial charge in [-0.25, -0.2) is 0 Å². The molecule has 0 saturated heterocycles. The average Bonchev–Trinajstić information content (AvgIpc) is 2.14. The van der Waals surface area contributed by atoms with E-state index in [0.717, 1.165) is 19.3 Å². The molecule has 0 saturated carbocycles. The number of hydrogen-bond donors (Lipinski definition) is 1. The van der Waals surface area contributed by atoms with Gasteiger partial charge in [-0.1, -0.05) is 48.0 Å². The molecule has 0 bridgehead atoms. The third kappa shape index (κ3) is 7.40. The van der Waals surface area contributed by atoms with Gasteiger partial charge in [0.15, 0.2) is 0 Å². The lowest BCUT2D eigenvalue weighted by molar-refractivity contribution is -0.143. The van der Waals surface area contributed by atoms with Crippen molar-refractivity contribution in [3.63, 3.8) is 0 Å². The summed E-state index contributed by atoms with van der Waals surface area (Å²) < 4.78 is 0. The van der Waals surface area contributed by atoms with Crippen molar-refractivity contribution in [2.24, 2.45) is 23.2 Å². The van der Waals surface area contributed by atoms with Crippen LogP contribution in [0.25, 0.3) is 0 Å². The fourth-order valence-electron chi connectivity index (χ4n) is 2.55. The van der Waals surface area contributed by atoms with E-state index >= 15 is 0 Å². The molecule has 3 atom stereocenters. The summed E-state index contributed by atoms with van der Waals surface area (Å²) in [6.45, 7) is 13.1. The Labute approximate surface area is 107 Å². The molecule has 0 aliphatic heterocycles. The minimum Gasteiger partial charge on any atom is -0.481 e. The third-order valence-corrected chi connectivity index (χ3v) is 3.58. The van der Waals surface area contributed by atoms with E-state index in [1.54, 1.807) is 0 Å². The number of hydrogen-bond acceptors (Lipinski definition) is 1. The molecule has 2 heteroatoms. The highest BCUT2D eigenvalue weighted by Crippen LogP contribution is 2.29. The molecule has 0 heterocycles. The Morgan fingerprint density at radius 2 is 1.71 bits per heavy atom. The van der Waals surface area contributed by atoms with E-state index in [1.807, 2.05) is 6.92 Å². The van der Waals surface area contributed by atoms with Crippen molar-refractivity contribution in [3.05, 3.63) is 0 Å². The maximum atomic E-state index is 11.2. The number of carboxylic acids is 1. The summed E-state index contributed by atoms with van der Waals surface area (Å²) in [5.74, 6) is 0.111. The van der Waals surface area contributed by atoms with E-state index in [-0.39, 0.29) is 11.8 Å². The van der Waals surface area contributed by atoms with Gasteiger partial charge in [0.1, 0.15) is 0 Å². The SMILES string of the molecule is CCC(C)C(CCC(C)CC(C)(C)C)C(=O)O. The Balaban J connectivity index is 4.18. The largest absolute Gasteiger partial charge is 0.481 e. The van der Waals surface area contributed by atoms with E-state index in [1.165, 1.54) is 6.42 Å². The summed E-state index contributed by atoms with van der Waals surface area (Å²) in [5.41, 5.74) is 0.342. The molecule has 3 unspecified atom stereocenters. The van der Waals surface area contributed by atoms with Crippen LogP contribution in [-0.4, -0.2) is 11.1 Å². The van der Waals surface area contributed by atoms with Gasteiger partial charge in [0.2, 0.25) is 0 Å². The number of carbonyl (C=O) groups is 1. The maximum Gasteiger partial charge on any atom is 0.306 e. The van der Waals surface area contributed by atoms with Crippen LogP contribution in [0.1, 0.15) is 67.2 Å². The molecule has 0 spiro atoms. The molecule has 17 heavy (non-hydrogen) atoms. The Bertz CT molecular complexity index is 228. The summed E-state index contributed by atoms with van der Waals surface area (Å²) in [7, 11) is 0. The quantitative estimate of drug-likeness (QED) is 0.709. The van der Waals surface area contributed by atoms with E-state index in [9.17, 15) is 9.90 Å². The zero-order chi connectivity index (χ0) is 13.6. The highest BCUT2D eigenvalue weighted by Gasteiger charge is 2.24. The van der Waals surface area contributed by atoms with E-state index in [4.69, 9.17) is 0 Å². The first-order valence-corrected chi connectivity index (χ1v) is 6.90. The van der Waals surface area contributed by atoms with Crippen LogP contribution in [-0.2, 0) is 4.79 Å². The Hall–Kier alpha value is -0.530. The molecule has 0 fully saturated rings. The molecule has 0 rings (SSSR count). The van der Waals surface area contributed by atoms with Crippen LogP contribution < -0.4 is 0 Å². The molecule has 0 aromatic rings. The second-order valence-corrected chi connectivity index (χ2v) is 6.78. The summed E-state index contributed by atoms with van der Waals surface area (Å²) in [5, 5.41) is 9.22. The lowest BCUT2D eigenvalue weighted by Crippen LogP contribution is -2.22. The standard InChI is InChI=1S/C15H30O2/c1-7-12(3)13(14(16)17)9-8-11(2)10-15(4,5)6/h11-13H,7-10H2,1-6H3,(H,16,17). The summed E-state index contributed by atoms with van der Waals surface area (Å²) in [6.07, 6.45) is 3.96. The van der Waals surface area contributed by atoms with Crippen molar-refractivity contribution >= 4 is 5.97 Å². The second kappa shape index (κ2) is 7.03. The molecule has 0 aliphatic carbocycles. The predicted octanol–water partition coefficient (Wildman–Crippen LogP) is 4.59. The number of rotatable bonds is 7. The van der Waals surface area contributed by atoms with Gasteiger partial charge >= 0.3 is 5.97 Å². The minimum atomic E-state index is -0.623. The normalized spacial score (nSPS) is 17.5. The first-order valence-electron chi connectivity index (χ1n) is 6.90. The van der Waals surface area contributed by atoms with Crippen LogP contribution in [0.15, 0.2) is 0 Å². The van der Waals surface area contributed by atoms with Gasteiger partial charge in [0.05, 0.1) is 5.92 Å². The van der Waals surface area contributed by atoms with E-state index in [0.29, 0.717) is 11.3 Å². The smallest absolute Gasteiger partial charge is 0.306 e. The van der Waals surface area contributed by atoms with E-state index in [2.05, 4.69) is 34.6 Å². The van der Waals surface area contributed by atoms with Crippen LogP contribution >= 0.6 is 0 Å². The van der Waals surface area contributed by atoms with Crippen LogP contribution in [0.2, 0.25) is 0 Å². The molecule has 2 nitrogen and oxygen atoms in total. The molecular weight excluding hydrogens is 212 g/mol. The van der Waals surface area contributed by atoms with Crippen molar-refractivity contribution in [1.82, 2.24) is 0 Å². The topological polar surface area (TPSA) is 37.3 Å². The Morgan fingerprint density at radius 1 is 1.18 bits per heavy atom. The molecule has 0 radical (unpaired) electrons. The lowest BCUT2D eigenvalue weighted by atomic mass is 9.80. The number of carboxylic acid groups (broad SMARTS) is 1. The highest BCUT2D eigenvalue weighted by molar-refractivity contribution is 5.70. The van der Waals surface area contributed by atoms with Crippen molar-refractivity contribution in [1.29, 1.82) is 0 Å². The second-order valence-electron chi connectivity index (χ2n) is 6.78. The minimum absolute atomic E-state index is 0.164. The first-order chi connectivity index (χ1) is 7.67. The molecule has 0 aromatic carbocycles. The van der Waals surface area contributed by atoms with Crippen molar-refractivity contribution < 1.29 is 9.90 Å². The maximum absolute atomic E-state index is 11.2. The van der Waals surface area contributed by atoms with Gasteiger partial charge in [-0.3, -0.25) is 4.79 Å². The predicted molar refractivity (Wildman–Crippen MR) is 73.1 cm³/mol. The molecule has 0 amide bonds. The van der Waals surface area contributed by atoms with Crippen LogP contribution in [0.3, 0.4) is 0 Å². The van der Waals surface area contributed by atoms with Crippen LogP contribution in [0.5, 0.6) is 0 Å². The fourth-order valence-corrected chi connectivity index (χ4v) is 2.55. The van der Waals surface area contributed by atoms with Crippen molar-refractivity contribution in [2.75, 3.05) is 0 Å². The molecule has 102 valence electrons. The average molecular weight is 242 g/mol. The zero-order valence-corrected chi connectivity index (χ0v) is 12.4. The van der Waals surface area contributed by atoms with Gasteiger partial charge in [0, 0.05) is 0 Å². The van der Waals surface area contributed by atoms with Gasteiger partial charge in [-0.2, -0.15) is 0 Å². The molecule has 0 aliphatic rings. The molecular formula is C15H30O2. The fraction of sp³-hybridized carbons (Fsp3) is 0.933. The molecule has 0 aromatic heterocycles. The lowest BCUT2D eigenvalue weighted by Gasteiger charge is -2.25. The van der Waals surface area contributed by atoms with E-state index < -0.39 is 5.97 Å². The number of aliphatic carboxylic acids is 1. The summed E-state index contributed by atoms with van der Waals surface area (Å²) >= 11 is 0. The zero-order valence-electron chi connectivity index (χ0n) is 12.4. The van der Waals surface area contributed by atoms with Crippen molar-refractivity contribution in [3.8, 4) is 0 Å². The van der Waals surface area contributed by atoms with Crippen LogP contribution in [0.4, 0.5) is 0 Å². The Kier molecular flexibility index (Phi) is 6.81. The van der Waals surface area contributed by atoms with Gasteiger partial charge < -0.3 is 5.11 Å². The monoisotopic (exact) mass is 242 g/mol. The van der Waals surface area contributed by atoms with Gasteiger partial charge in [0.25, 0.3) is 0 Å². The molecule has 1 N–H and O–H groups in total.